The van der Waals surface area contributed by atoms with Crippen molar-refractivity contribution in [1.29, 1.82) is 0 Å². The van der Waals surface area contributed by atoms with Crippen LogP contribution in [0.5, 0.6) is 0 Å². The number of rotatable bonds is 6. The van der Waals surface area contributed by atoms with E-state index in [1.54, 1.807) is 27.7 Å². The van der Waals surface area contributed by atoms with Gasteiger partial charge >= 0.3 is 0 Å². The Hall–Kier alpha value is -2.08. The van der Waals surface area contributed by atoms with E-state index < -0.39 is 0 Å². The first-order valence-corrected chi connectivity index (χ1v) is 11.7. The highest BCUT2D eigenvalue weighted by molar-refractivity contribution is 7.98. The fourth-order valence-corrected chi connectivity index (χ4v) is 5.72. The summed E-state index contributed by atoms with van der Waals surface area (Å²) in [6, 6.07) is 17.5. The molecule has 0 bridgehead atoms. The first-order valence-electron chi connectivity index (χ1n) is 9.56. The van der Waals surface area contributed by atoms with Crippen LogP contribution >= 0.6 is 34.7 Å². The van der Waals surface area contributed by atoms with Gasteiger partial charge in [-0.2, -0.15) is 0 Å². The molecule has 0 atom stereocenters. The third-order valence-electron chi connectivity index (χ3n) is 4.81. The number of fused-ring (bicyclic) bond motifs is 1. The molecule has 0 radical (unpaired) electrons. The molecular weight excluding hydrogens is 420 g/mol. The van der Waals surface area contributed by atoms with Gasteiger partial charge in [0.25, 0.3) is 5.56 Å². The smallest absolute Gasteiger partial charge is 0.267 e. The Labute approximate surface area is 183 Å². The van der Waals surface area contributed by atoms with Crippen molar-refractivity contribution in [3.63, 3.8) is 0 Å². The molecule has 0 N–H and O–H groups in total. The minimum Gasteiger partial charge on any atom is -0.268 e. The fourth-order valence-electron chi connectivity index (χ4n) is 3.31. The number of hydrogen-bond donors (Lipinski definition) is 0. The van der Waals surface area contributed by atoms with Crippen molar-refractivity contribution in [3.8, 4) is 5.69 Å². The first kappa shape index (κ1) is 20.2. The van der Waals surface area contributed by atoms with E-state index in [1.807, 2.05) is 61.5 Å². The van der Waals surface area contributed by atoms with Crippen molar-refractivity contribution in [3.05, 3.63) is 86.0 Å². The zero-order valence-electron chi connectivity index (χ0n) is 16.3. The van der Waals surface area contributed by atoms with Gasteiger partial charge in [-0.3, -0.25) is 9.36 Å². The zero-order chi connectivity index (χ0) is 20.4. The predicted octanol–water partition coefficient (Wildman–Crippen LogP) is 6.65. The summed E-state index contributed by atoms with van der Waals surface area (Å²) < 4.78 is 1.75. The van der Waals surface area contributed by atoms with E-state index in [-0.39, 0.29) is 5.56 Å². The van der Waals surface area contributed by atoms with Crippen LogP contribution in [-0.2, 0) is 12.2 Å². The van der Waals surface area contributed by atoms with Gasteiger partial charge in [0.2, 0.25) is 0 Å². The summed E-state index contributed by atoms with van der Waals surface area (Å²) in [5.41, 5.74) is 3.06. The third kappa shape index (κ3) is 4.13. The van der Waals surface area contributed by atoms with E-state index in [2.05, 4.69) is 6.92 Å². The average molecular weight is 441 g/mol. The molecule has 4 aromatic rings. The fraction of sp³-hybridized carbons (Fsp3) is 0.217. The Morgan fingerprint density at radius 1 is 1.10 bits per heavy atom. The van der Waals surface area contributed by atoms with Gasteiger partial charge in [0, 0.05) is 15.7 Å². The van der Waals surface area contributed by atoms with Gasteiger partial charge in [-0.15, -0.1) is 11.3 Å². The van der Waals surface area contributed by atoms with E-state index in [1.165, 1.54) is 4.88 Å². The molecule has 148 valence electrons. The molecule has 2 aromatic heterocycles. The van der Waals surface area contributed by atoms with E-state index in [9.17, 15) is 4.79 Å². The maximum atomic E-state index is 13.5. The molecule has 4 rings (SSSR count). The zero-order valence-corrected chi connectivity index (χ0v) is 18.7. The highest BCUT2D eigenvalue weighted by Crippen LogP contribution is 2.32. The van der Waals surface area contributed by atoms with Crippen molar-refractivity contribution in [2.45, 2.75) is 37.6 Å². The Morgan fingerprint density at radius 3 is 2.52 bits per heavy atom. The van der Waals surface area contributed by atoms with Gasteiger partial charge in [0.1, 0.15) is 4.83 Å². The van der Waals surface area contributed by atoms with Crippen molar-refractivity contribution in [1.82, 2.24) is 9.55 Å². The maximum Gasteiger partial charge on any atom is 0.267 e. The molecule has 0 spiro atoms. The second-order valence-corrected chi connectivity index (χ2v) is 9.33. The van der Waals surface area contributed by atoms with Crippen LogP contribution in [0.1, 0.15) is 29.3 Å². The summed E-state index contributed by atoms with van der Waals surface area (Å²) in [7, 11) is 0. The van der Waals surface area contributed by atoms with Crippen LogP contribution < -0.4 is 5.56 Å². The number of halogens is 1. The van der Waals surface area contributed by atoms with Gasteiger partial charge < -0.3 is 0 Å². The number of benzene rings is 2. The van der Waals surface area contributed by atoms with Gasteiger partial charge in [-0.25, -0.2) is 4.98 Å². The molecular formula is C23H21ClN2OS2. The van der Waals surface area contributed by atoms with Crippen LogP contribution in [0.25, 0.3) is 15.9 Å². The molecule has 2 aromatic carbocycles. The molecule has 0 unspecified atom stereocenters. The number of aryl methyl sites for hydroxylation is 2. The highest BCUT2D eigenvalue weighted by atomic mass is 35.5. The molecule has 6 heteroatoms. The standard InChI is InChI=1S/C23H21ClN2OS2/c1-3-7-19-15(2)20-21(29-19)25-23(28-14-16-10-12-17(24)13-11-16)26(22(20)27)18-8-5-4-6-9-18/h4-6,8-13H,3,7,14H2,1-2H3. The van der Waals surface area contributed by atoms with Crippen molar-refractivity contribution in [2.75, 3.05) is 0 Å². The number of thioether (sulfide) groups is 1. The highest BCUT2D eigenvalue weighted by Gasteiger charge is 2.19. The molecule has 0 saturated carbocycles. The normalized spacial score (nSPS) is 11.3. The van der Waals surface area contributed by atoms with Crippen LogP contribution in [0, 0.1) is 6.92 Å². The SMILES string of the molecule is CCCc1sc2nc(SCc3ccc(Cl)cc3)n(-c3ccccc3)c(=O)c2c1C. The van der Waals surface area contributed by atoms with Gasteiger partial charge in [0.05, 0.1) is 11.1 Å². The lowest BCUT2D eigenvalue weighted by molar-refractivity contribution is 0.821. The molecule has 0 aliphatic heterocycles. The Kier molecular flexibility index (Phi) is 6.09. The summed E-state index contributed by atoms with van der Waals surface area (Å²) in [4.78, 5) is 20.6. The molecule has 29 heavy (non-hydrogen) atoms. The van der Waals surface area contributed by atoms with E-state index >= 15 is 0 Å². The van der Waals surface area contributed by atoms with Crippen LogP contribution in [0.15, 0.2) is 64.5 Å². The summed E-state index contributed by atoms with van der Waals surface area (Å²) >= 11 is 9.22. The molecule has 0 saturated heterocycles. The number of para-hydroxylation sites is 1. The van der Waals surface area contributed by atoms with Crippen LogP contribution in [0.4, 0.5) is 0 Å². The topological polar surface area (TPSA) is 34.9 Å². The molecule has 0 aliphatic carbocycles. The van der Waals surface area contributed by atoms with Crippen LogP contribution in [-0.4, -0.2) is 9.55 Å². The largest absolute Gasteiger partial charge is 0.268 e. The second-order valence-electron chi connectivity index (χ2n) is 6.87. The second kappa shape index (κ2) is 8.74. The number of nitrogens with zero attached hydrogens (tertiary/aromatic N) is 2. The van der Waals surface area contributed by atoms with Gasteiger partial charge in [-0.05, 0) is 48.7 Å². The Morgan fingerprint density at radius 2 is 1.83 bits per heavy atom. The molecule has 2 heterocycles. The van der Waals surface area contributed by atoms with Crippen molar-refractivity contribution >= 4 is 44.9 Å². The lowest BCUT2D eigenvalue weighted by Crippen LogP contribution is -2.21. The summed E-state index contributed by atoms with van der Waals surface area (Å²) in [6.07, 6.45) is 2.03. The summed E-state index contributed by atoms with van der Waals surface area (Å²) in [5, 5.41) is 2.18. The molecule has 0 aliphatic rings. The Bertz CT molecular complexity index is 1200. The number of aromatic nitrogens is 2. The summed E-state index contributed by atoms with van der Waals surface area (Å²) in [6.45, 7) is 4.20. The van der Waals surface area contributed by atoms with Gasteiger partial charge in [0.15, 0.2) is 5.16 Å². The lowest BCUT2D eigenvalue weighted by Gasteiger charge is -2.12. The van der Waals surface area contributed by atoms with Gasteiger partial charge in [-0.1, -0.05) is 67.0 Å². The minimum absolute atomic E-state index is 0.0101. The number of hydrogen-bond acceptors (Lipinski definition) is 4. The minimum atomic E-state index is 0.0101. The molecule has 0 amide bonds. The average Bonchev–Trinajstić information content (AvgIpc) is 3.04. The number of thiophene rings is 1. The van der Waals surface area contributed by atoms with E-state index in [4.69, 9.17) is 16.6 Å². The molecule has 0 fully saturated rings. The van der Waals surface area contributed by atoms with E-state index in [0.29, 0.717) is 10.9 Å². The van der Waals surface area contributed by atoms with E-state index in [0.717, 1.165) is 44.9 Å². The van der Waals surface area contributed by atoms with Crippen LogP contribution in [0.2, 0.25) is 5.02 Å². The lowest BCUT2D eigenvalue weighted by atomic mass is 10.1. The van der Waals surface area contributed by atoms with Crippen molar-refractivity contribution < 1.29 is 0 Å². The first-order chi connectivity index (χ1) is 14.1. The maximum absolute atomic E-state index is 13.5. The Balaban J connectivity index is 1.84. The van der Waals surface area contributed by atoms with Crippen molar-refractivity contribution in [2.24, 2.45) is 0 Å². The monoisotopic (exact) mass is 440 g/mol. The van der Waals surface area contributed by atoms with Crippen LogP contribution in [0.3, 0.4) is 0 Å². The quantitative estimate of drug-likeness (QED) is 0.248. The predicted molar refractivity (Wildman–Crippen MR) is 125 cm³/mol. The summed E-state index contributed by atoms with van der Waals surface area (Å²) in [5.74, 6) is 0.716. The third-order valence-corrected chi connectivity index (χ3v) is 7.31. The molecule has 3 nitrogen and oxygen atoms in total.